The summed E-state index contributed by atoms with van der Waals surface area (Å²) in [6.07, 6.45) is 5.59. The summed E-state index contributed by atoms with van der Waals surface area (Å²) in [5, 5.41) is 6.97. The molecule has 4 N–H and O–H groups in total. The van der Waals surface area contributed by atoms with E-state index in [1.807, 2.05) is 31.2 Å². The maximum Gasteiger partial charge on any atom is 0.332 e. The van der Waals surface area contributed by atoms with E-state index in [1.54, 1.807) is 0 Å². The zero-order chi connectivity index (χ0) is 20.1. The molecule has 7 heteroatoms. The molecule has 3 amide bonds. The smallest absolute Gasteiger partial charge is 0.332 e. The average molecular weight is 382 g/mol. The van der Waals surface area contributed by atoms with Crippen molar-refractivity contribution in [1.29, 1.82) is 0 Å². The number of hydrazone groups is 1. The quantitative estimate of drug-likeness (QED) is 0.659. The minimum absolute atomic E-state index is 0.272. The molecular formula is C21H26N4O3. The van der Waals surface area contributed by atoms with Crippen LogP contribution in [0.1, 0.15) is 65.6 Å². The van der Waals surface area contributed by atoms with Gasteiger partial charge in [-0.2, -0.15) is 5.10 Å². The topological polar surface area (TPSA) is 110 Å². The number of carbonyl (C=O) groups excluding carboxylic acids is 2. The van der Waals surface area contributed by atoms with E-state index in [0.29, 0.717) is 17.9 Å². The van der Waals surface area contributed by atoms with Gasteiger partial charge in [0, 0.05) is 23.2 Å². The second kappa shape index (κ2) is 8.73. The Morgan fingerprint density at radius 2 is 1.96 bits per heavy atom. The van der Waals surface area contributed by atoms with Crippen LogP contribution in [0.2, 0.25) is 0 Å². The number of urea groups is 1. The van der Waals surface area contributed by atoms with Crippen molar-refractivity contribution in [2.75, 3.05) is 5.32 Å². The Balaban J connectivity index is 1.78. The molecular weight excluding hydrogens is 356 g/mol. The third-order valence-electron chi connectivity index (χ3n) is 4.86. The van der Waals surface area contributed by atoms with Gasteiger partial charge in [0.2, 0.25) is 0 Å². The van der Waals surface area contributed by atoms with Crippen molar-refractivity contribution in [3.63, 3.8) is 0 Å². The van der Waals surface area contributed by atoms with Crippen molar-refractivity contribution in [3.05, 3.63) is 52.5 Å². The second-order valence-corrected chi connectivity index (χ2v) is 7.00. The SMILES string of the molecule is CCCCc1ccc(NC(=O)c2oc3c(c2C)/C(=N/NC(N)=O)CCC3)cc1. The number of rotatable bonds is 6. The molecule has 1 aromatic heterocycles. The molecule has 0 unspecified atom stereocenters. The number of aryl methyl sites for hydroxylation is 2. The highest BCUT2D eigenvalue weighted by Gasteiger charge is 2.28. The number of benzene rings is 1. The van der Waals surface area contributed by atoms with E-state index in [2.05, 4.69) is 22.8 Å². The summed E-state index contributed by atoms with van der Waals surface area (Å²) in [5.41, 5.74) is 11.5. The molecule has 0 atom stereocenters. The first-order chi connectivity index (χ1) is 13.5. The fourth-order valence-corrected chi connectivity index (χ4v) is 3.44. The molecule has 0 saturated carbocycles. The molecule has 1 aromatic carbocycles. The van der Waals surface area contributed by atoms with E-state index in [4.69, 9.17) is 10.2 Å². The Hall–Kier alpha value is -3.09. The summed E-state index contributed by atoms with van der Waals surface area (Å²) in [5.74, 6) is 0.693. The first kappa shape index (κ1) is 19.7. The second-order valence-electron chi connectivity index (χ2n) is 7.00. The lowest BCUT2D eigenvalue weighted by Gasteiger charge is -2.13. The van der Waals surface area contributed by atoms with Gasteiger partial charge in [-0.25, -0.2) is 10.2 Å². The van der Waals surface area contributed by atoms with Gasteiger partial charge in [0.05, 0.1) is 5.71 Å². The molecule has 2 aromatic rings. The summed E-state index contributed by atoms with van der Waals surface area (Å²) < 4.78 is 5.85. The highest BCUT2D eigenvalue weighted by Crippen LogP contribution is 2.30. The Morgan fingerprint density at radius 3 is 2.64 bits per heavy atom. The third kappa shape index (κ3) is 4.42. The number of nitrogens with two attached hydrogens (primary N) is 1. The highest BCUT2D eigenvalue weighted by molar-refractivity contribution is 6.09. The molecule has 7 nitrogen and oxygen atoms in total. The number of fused-ring (bicyclic) bond motifs is 1. The van der Waals surface area contributed by atoms with E-state index in [-0.39, 0.29) is 11.7 Å². The summed E-state index contributed by atoms with van der Waals surface area (Å²) in [6, 6.07) is 7.16. The number of anilines is 1. The van der Waals surface area contributed by atoms with Crippen LogP contribution in [0.3, 0.4) is 0 Å². The summed E-state index contributed by atoms with van der Waals surface area (Å²) in [7, 11) is 0. The van der Waals surface area contributed by atoms with Gasteiger partial charge in [0.1, 0.15) is 5.76 Å². The number of furan rings is 1. The molecule has 0 radical (unpaired) electrons. The lowest BCUT2D eigenvalue weighted by Crippen LogP contribution is -2.27. The number of hydrogen-bond acceptors (Lipinski definition) is 4. The van der Waals surface area contributed by atoms with Crippen LogP contribution < -0.4 is 16.5 Å². The van der Waals surface area contributed by atoms with Crippen LogP contribution in [-0.4, -0.2) is 17.6 Å². The van der Waals surface area contributed by atoms with E-state index in [1.165, 1.54) is 5.56 Å². The van der Waals surface area contributed by atoms with E-state index < -0.39 is 6.03 Å². The van der Waals surface area contributed by atoms with Gasteiger partial charge in [-0.3, -0.25) is 4.79 Å². The summed E-state index contributed by atoms with van der Waals surface area (Å²) in [4.78, 5) is 23.7. The Bertz CT molecular complexity index is 897. The zero-order valence-electron chi connectivity index (χ0n) is 16.3. The number of hydrogen-bond donors (Lipinski definition) is 3. The number of amides is 3. The zero-order valence-corrected chi connectivity index (χ0v) is 16.3. The first-order valence-electron chi connectivity index (χ1n) is 9.64. The minimum Gasteiger partial charge on any atom is -0.455 e. The van der Waals surface area contributed by atoms with Crippen LogP contribution in [0.4, 0.5) is 10.5 Å². The Labute approximate surface area is 164 Å². The lowest BCUT2D eigenvalue weighted by atomic mass is 9.93. The fourth-order valence-electron chi connectivity index (χ4n) is 3.44. The average Bonchev–Trinajstić information content (AvgIpc) is 3.03. The maximum atomic E-state index is 12.7. The third-order valence-corrected chi connectivity index (χ3v) is 4.86. The van der Waals surface area contributed by atoms with Gasteiger partial charge in [-0.05, 0) is 50.3 Å². The number of primary amides is 1. The van der Waals surface area contributed by atoms with Crippen LogP contribution in [0, 0.1) is 6.92 Å². The van der Waals surface area contributed by atoms with Crippen molar-refractivity contribution < 1.29 is 14.0 Å². The van der Waals surface area contributed by atoms with Crippen molar-refractivity contribution in [2.45, 2.75) is 52.4 Å². The highest BCUT2D eigenvalue weighted by atomic mass is 16.4. The summed E-state index contributed by atoms with van der Waals surface area (Å²) in [6.45, 7) is 4.00. The number of carbonyl (C=O) groups is 2. The maximum absolute atomic E-state index is 12.7. The molecule has 148 valence electrons. The van der Waals surface area contributed by atoms with E-state index in [9.17, 15) is 9.59 Å². The fraction of sp³-hybridized carbons (Fsp3) is 0.381. The van der Waals surface area contributed by atoms with Crippen molar-refractivity contribution in [1.82, 2.24) is 5.43 Å². The number of nitrogens with one attached hydrogen (secondary N) is 2. The monoisotopic (exact) mass is 382 g/mol. The van der Waals surface area contributed by atoms with E-state index >= 15 is 0 Å². The molecule has 28 heavy (non-hydrogen) atoms. The predicted octanol–water partition coefficient (Wildman–Crippen LogP) is 3.89. The van der Waals surface area contributed by atoms with Crippen LogP contribution in [-0.2, 0) is 12.8 Å². The minimum atomic E-state index is -0.721. The molecule has 0 aliphatic heterocycles. The molecule has 0 bridgehead atoms. The molecule has 0 spiro atoms. The molecule has 0 fully saturated rings. The normalized spacial score (nSPS) is 14.6. The molecule has 1 heterocycles. The van der Waals surface area contributed by atoms with Crippen LogP contribution >= 0.6 is 0 Å². The van der Waals surface area contributed by atoms with E-state index in [0.717, 1.165) is 48.9 Å². The standard InChI is InChI=1S/C21H26N4O3/c1-3-4-6-14-9-11-15(12-10-14)23-20(26)19-13(2)18-16(24-25-21(22)27)7-5-8-17(18)28-19/h9-12H,3-8H2,1-2H3,(H,23,26)(H3,22,25,27)/b24-16+. The van der Waals surface area contributed by atoms with Gasteiger partial charge in [0.15, 0.2) is 5.76 Å². The molecule has 0 saturated heterocycles. The van der Waals surface area contributed by atoms with Gasteiger partial charge in [-0.1, -0.05) is 25.5 Å². The number of nitrogens with zero attached hydrogens (tertiary/aromatic N) is 1. The van der Waals surface area contributed by atoms with Gasteiger partial charge < -0.3 is 15.5 Å². The van der Waals surface area contributed by atoms with Crippen molar-refractivity contribution >= 4 is 23.3 Å². The molecule has 3 rings (SSSR count). The predicted molar refractivity (Wildman–Crippen MR) is 109 cm³/mol. The lowest BCUT2D eigenvalue weighted by molar-refractivity contribution is 0.0994. The van der Waals surface area contributed by atoms with Crippen LogP contribution in [0.15, 0.2) is 33.8 Å². The van der Waals surface area contributed by atoms with Crippen LogP contribution in [0.25, 0.3) is 0 Å². The molecule has 1 aliphatic rings. The summed E-state index contributed by atoms with van der Waals surface area (Å²) >= 11 is 0. The Morgan fingerprint density at radius 1 is 1.21 bits per heavy atom. The van der Waals surface area contributed by atoms with Crippen molar-refractivity contribution in [3.8, 4) is 0 Å². The molecule has 1 aliphatic carbocycles. The van der Waals surface area contributed by atoms with Gasteiger partial charge in [-0.15, -0.1) is 0 Å². The largest absolute Gasteiger partial charge is 0.455 e. The van der Waals surface area contributed by atoms with Crippen molar-refractivity contribution in [2.24, 2.45) is 10.8 Å². The Kier molecular flexibility index (Phi) is 6.13. The van der Waals surface area contributed by atoms with Gasteiger partial charge >= 0.3 is 6.03 Å². The van der Waals surface area contributed by atoms with Crippen LogP contribution in [0.5, 0.6) is 0 Å². The first-order valence-corrected chi connectivity index (χ1v) is 9.64. The van der Waals surface area contributed by atoms with Gasteiger partial charge in [0.25, 0.3) is 5.91 Å². The number of unbranched alkanes of at least 4 members (excludes halogenated alkanes) is 1.